The second kappa shape index (κ2) is 11.0. The number of amides is 2. The zero-order valence-corrected chi connectivity index (χ0v) is 22.6. The van der Waals surface area contributed by atoms with Crippen molar-refractivity contribution in [2.24, 2.45) is 5.16 Å². The van der Waals surface area contributed by atoms with Crippen LogP contribution in [0.15, 0.2) is 46.1 Å². The number of carbonyl (C=O) groups excluding carboxylic acids is 2. The minimum Gasteiger partial charge on any atom is -0.478 e. The number of carboxylic acid groups (broad SMARTS) is 3. The molecule has 1 fully saturated rings. The van der Waals surface area contributed by atoms with Gasteiger partial charge in [-0.15, -0.1) is 23.1 Å². The summed E-state index contributed by atoms with van der Waals surface area (Å²) in [5.41, 5.74) is 4.50. The van der Waals surface area contributed by atoms with Crippen molar-refractivity contribution in [3.63, 3.8) is 0 Å². The van der Waals surface area contributed by atoms with Crippen LogP contribution in [-0.2, 0) is 30.4 Å². The van der Waals surface area contributed by atoms with E-state index in [4.69, 9.17) is 15.7 Å². The van der Waals surface area contributed by atoms with Crippen LogP contribution in [0.3, 0.4) is 0 Å². The molecule has 0 aliphatic carbocycles. The van der Waals surface area contributed by atoms with E-state index in [1.165, 1.54) is 43.1 Å². The Kier molecular flexibility index (Phi) is 7.84. The largest absolute Gasteiger partial charge is 0.478 e. The first kappa shape index (κ1) is 28.6. The predicted molar refractivity (Wildman–Crippen MR) is 143 cm³/mol. The molecular weight excluding hydrogens is 566 g/mol. The second-order valence-electron chi connectivity index (χ2n) is 9.21. The van der Waals surface area contributed by atoms with Gasteiger partial charge in [-0.25, -0.2) is 19.4 Å². The van der Waals surface area contributed by atoms with Crippen LogP contribution >= 0.6 is 23.1 Å². The lowest BCUT2D eigenvalue weighted by Gasteiger charge is -2.49. The summed E-state index contributed by atoms with van der Waals surface area (Å²) < 4.78 is 0. The highest BCUT2D eigenvalue weighted by molar-refractivity contribution is 8.00. The van der Waals surface area contributed by atoms with E-state index in [-0.39, 0.29) is 34.3 Å². The van der Waals surface area contributed by atoms with Gasteiger partial charge in [-0.1, -0.05) is 17.3 Å². The minimum atomic E-state index is -1.78. The van der Waals surface area contributed by atoms with Crippen molar-refractivity contribution < 1.29 is 44.1 Å². The molecule has 14 nitrogen and oxygen atoms in total. The molecule has 3 heterocycles. The van der Waals surface area contributed by atoms with Gasteiger partial charge in [0.15, 0.2) is 10.8 Å². The number of aliphatic carboxylic acids is 2. The number of oxime groups is 1. The summed E-state index contributed by atoms with van der Waals surface area (Å²) in [7, 11) is 0. The quantitative estimate of drug-likeness (QED) is 0.149. The average molecular weight is 590 g/mol. The Morgan fingerprint density at radius 3 is 2.40 bits per heavy atom. The number of carbonyl (C=O) groups is 5. The molecule has 0 bridgehead atoms. The van der Waals surface area contributed by atoms with E-state index < -0.39 is 52.5 Å². The maximum absolute atomic E-state index is 13.2. The number of nitrogens with one attached hydrogen (secondary N) is 1. The van der Waals surface area contributed by atoms with Crippen molar-refractivity contribution in [1.29, 1.82) is 0 Å². The Morgan fingerprint density at radius 2 is 1.85 bits per heavy atom. The molecule has 0 unspecified atom stereocenters. The van der Waals surface area contributed by atoms with Crippen molar-refractivity contribution in [3.8, 4) is 0 Å². The van der Waals surface area contributed by atoms with Gasteiger partial charge in [0.1, 0.15) is 22.8 Å². The van der Waals surface area contributed by atoms with E-state index in [1.807, 2.05) is 0 Å². The number of rotatable bonds is 10. The molecule has 6 N–H and O–H groups in total. The third-order valence-electron chi connectivity index (χ3n) is 6.01. The molecule has 40 heavy (non-hydrogen) atoms. The number of nitrogens with zero attached hydrogens (tertiary/aromatic N) is 3. The third kappa shape index (κ3) is 5.62. The Balaban J connectivity index is 1.54. The van der Waals surface area contributed by atoms with Crippen molar-refractivity contribution in [1.82, 2.24) is 15.2 Å². The van der Waals surface area contributed by atoms with E-state index >= 15 is 0 Å². The number of aromatic nitrogens is 1. The fourth-order valence-corrected chi connectivity index (χ4v) is 5.73. The standard InChI is InChI=1S/C24H23N5O9S2/c1-24(2,22(36)37)38-28-14(13-9-40-23(25)26-13)17(30)27-15-18(31)29-16(21(34)35)12(8-39-19(15)29)7-10-3-5-11(6-4-10)20(32)33/h3-6,9,15,19H,7-8H2,1-2H3,(H2,25,26)(H,27,30)(H,32,33)(H,34,35)(H,36,37)/b28-14-/t15-,19-/m1/s1. The number of β-lactam (4-membered cyclic amide) rings is 1. The average Bonchev–Trinajstić information content (AvgIpc) is 3.32. The third-order valence-corrected chi connectivity index (χ3v) is 8.03. The van der Waals surface area contributed by atoms with Crippen LogP contribution in [0.25, 0.3) is 0 Å². The molecular formula is C24H23N5O9S2. The first-order chi connectivity index (χ1) is 18.8. The number of carboxylic acids is 3. The van der Waals surface area contributed by atoms with Crippen LogP contribution in [0.4, 0.5) is 5.13 Å². The molecule has 210 valence electrons. The molecule has 1 aromatic carbocycles. The SMILES string of the molecule is CC(C)(O/N=C(\C(=O)N[C@@H]1C(=O)N2C(C(=O)O)=C(Cc3ccc(C(=O)O)cc3)CS[C@H]12)c1csc(N)n1)C(=O)O. The Morgan fingerprint density at radius 1 is 1.18 bits per heavy atom. The van der Waals surface area contributed by atoms with E-state index in [9.17, 15) is 34.2 Å². The van der Waals surface area contributed by atoms with Gasteiger partial charge in [0.05, 0.1) is 5.56 Å². The zero-order chi connectivity index (χ0) is 29.4. The van der Waals surface area contributed by atoms with Crippen molar-refractivity contribution >= 4 is 63.7 Å². The fourth-order valence-electron chi connectivity index (χ4n) is 3.84. The molecule has 2 aliphatic heterocycles. The van der Waals surface area contributed by atoms with Crippen LogP contribution in [0.1, 0.15) is 35.5 Å². The molecule has 2 aromatic rings. The zero-order valence-electron chi connectivity index (χ0n) is 21.0. The first-order valence-corrected chi connectivity index (χ1v) is 13.5. The van der Waals surface area contributed by atoms with Crippen LogP contribution in [0, 0.1) is 0 Å². The highest BCUT2D eigenvalue weighted by atomic mass is 32.2. The first-order valence-electron chi connectivity index (χ1n) is 11.5. The summed E-state index contributed by atoms with van der Waals surface area (Å²) in [5.74, 6) is -5.05. The molecule has 16 heteroatoms. The van der Waals surface area contributed by atoms with Gasteiger partial charge in [0.25, 0.3) is 11.8 Å². The molecule has 0 saturated carbocycles. The van der Waals surface area contributed by atoms with Crippen LogP contribution in [0.2, 0.25) is 0 Å². The highest BCUT2D eigenvalue weighted by Crippen LogP contribution is 2.41. The Labute approximate surface area is 234 Å². The van der Waals surface area contributed by atoms with Crippen LogP contribution in [-0.4, -0.2) is 83.4 Å². The molecule has 0 radical (unpaired) electrons. The Bertz CT molecular complexity index is 1470. The van der Waals surface area contributed by atoms with Gasteiger partial charge in [0, 0.05) is 11.1 Å². The summed E-state index contributed by atoms with van der Waals surface area (Å²) in [4.78, 5) is 71.1. The lowest BCUT2D eigenvalue weighted by Crippen LogP contribution is -2.71. The monoisotopic (exact) mass is 589 g/mol. The van der Waals surface area contributed by atoms with E-state index in [0.29, 0.717) is 11.1 Å². The summed E-state index contributed by atoms with van der Waals surface area (Å²) in [6.45, 7) is 2.46. The summed E-state index contributed by atoms with van der Waals surface area (Å²) >= 11 is 2.26. The molecule has 1 aromatic heterocycles. The predicted octanol–water partition coefficient (Wildman–Crippen LogP) is 0.989. The fraction of sp³-hybridized carbons (Fsp3) is 0.292. The van der Waals surface area contributed by atoms with Crippen molar-refractivity contribution in [3.05, 3.63) is 57.7 Å². The maximum atomic E-state index is 13.2. The van der Waals surface area contributed by atoms with Gasteiger partial charge in [-0.3, -0.25) is 14.5 Å². The Hall–Kier alpha value is -4.44. The topological polar surface area (TPSA) is 222 Å². The summed E-state index contributed by atoms with van der Waals surface area (Å²) in [6, 6.07) is 4.88. The number of nitrogen functional groups attached to an aromatic ring is 1. The van der Waals surface area contributed by atoms with Gasteiger partial charge in [-0.2, -0.15) is 0 Å². The number of nitrogens with two attached hydrogens (primary N) is 1. The number of anilines is 1. The lowest BCUT2D eigenvalue weighted by molar-refractivity contribution is -0.161. The normalized spacial score (nSPS) is 19.0. The molecule has 0 spiro atoms. The van der Waals surface area contributed by atoms with E-state index in [2.05, 4.69) is 15.5 Å². The molecule has 2 aliphatic rings. The number of thioether (sulfide) groups is 1. The number of thiazole rings is 1. The number of aromatic carboxylic acids is 1. The van der Waals surface area contributed by atoms with Gasteiger partial charge >= 0.3 is 17.9 Å². The van der Waals surface area contributed by atoms with Crippen LogP contribution in [0.5, 0.6) is 0 Å². The van der Waals surface area contributed by atoms with Gasteiger partial charge < -0.3 is 31.2 Å². The minimum absolute atomic E-state index is 0.00318. The molecule has 2 atom stereocenters. The number of benzene rings is 1. The number of hydrogen-bond donors (Lipinski definition) is 5. The molecule has 2 amide bonds. The number of hydrogen-bond acceptors (Lipinski definition) is 11. The number of fused-ring (bicyclic) bond motifs is 1. The second-order valence-corrected chi connectivity index (χ2v) is 11.2. The molecule has 4 rings (SSSR count). The van der Waals surface area contributed by atoms with Gasteiger partial charge in [-0.05, 0) is 43.5 Å². The van der Waals surface area contributed by atoms with Crippen molar-refractivity contribution in [2.75, 3.05) is 11.5 Å². The van der Waals surface area contributed by atoms with Gasteiger partial charge in [0.2, 0.25) is 5.60 Å². The van der Waals surface area contributed by atoms with Crippen molar-refractivity contribution in [2.45, 2.75) is 37.3 Å². The van der Waals surface area contributed by atoms with Crippen LogP contribution < -0.4 is 11.1 Å². The molecule has 1 saturated heterocycles. The van der Waals surface area contributed by atoms with E-state index in [0.717, 1.165) is 16.2 Å². The summed E-state index contributed by atoms with van der Waals surface area (Å²) in [5, 5.41) is 35.3. The lowest BCUT2D eigenvalue weighted by atomic mass is 9.98. The smallest absolute Gasteiger partial charge is 0.352 e. The van der Waals surface area contributed by atoms with E-state index in [1.54, 1.807) is 12.1 Å². The maximum Gasteiger partial charge on any atom is 0.352 e. The summed E-state index contributed by atoms with van der Waals surface area (Å²) in [6.07, 6.45) is 0.181. The highest BCUT2D eigenvalue weighted by Gasteiger charge is 2.54.